The van der Waals surface area contributed by atoms with Crippen molar-refractivity contribution in [3.8, 4) is 0 Å². The number of carbonyl (C=O) groups excluding carboxylic acids is 4. The zero-order valence-corrected chi connectivity index (χ0v) is 38.5. The van der Waals surface area contributed by atoms with Crippen LogP contribution < -0.4 is 11.0 Å². The molecule has 4 aromatic rings. The molecule has 3 saturated heterocycles. The van der Waals surface area contributed by atoms with Crippen molar-refractivity contribution in [2.45, 2.75) is 122 Å². The SMILES string of the molecule is CC(=O)OC[C@H]1O[C@@H](CC(=S)NCc2ccc(C3O[C@H](CN4CCC(n5c(=O)[nH]c6ccccc65)CC4)[C@H](C)[C@H](c4ccc(CO)cc4)O3)cc2)[C@H](OC(C)=O)[C@@H](OC(C)=O)[C@@H]1OC(C)=O. The van der Waals surface area contributed by atoms with Crippen LogP contribution in [-0.4, -0.2) is 111 Å². The second-order valence-electron chi connectivity index (χ2n) is 17.1. The van der Waals surface area contributed by atoms with Gasteiger partial charge in [-0.15, -0.1) is 0 Å². The topological polar surface area (TPSA) is 206 Å². The molecule has 9 atom stereocenters. The number of esters is 4. The molecule has 3 fully saturated rings. The molecule has 7 rings (SSSR count). The Balaban J connectivity index is 1.02. The fourth-order valence-electron chi connectivity index (χ4n) is 9.11. The number of hydrogen-bond donors (Lipinski definition) is 3. The van der Waals surface area contributed by atoms with Gasteiger partial charge in [-0.3, -0.25) is 23.7 Å². The van der Waals surface area contributed by atoms with Crippen molar-refractivity contribution in [3.63, 3.8) is 0 Å². The summed E-state index contributed by atoms with van der Waals surface area (Å²) in [6.45, 7) is 9.10. The van der Waals surface area contributed by atoms with E-state index in [1.165, 1.54) is 27.7 Å². The fourth-order valence-corrected chi connectivity index (χ4v) is 9.35. The molecule has 1 unspecified atom stereocenters. The van der Waals surface area contributed by atoms with Gasteiger partial charge < -0.3 is 53.5 Å². The van der Waals surface area contributed by atoms with E-state index in [1.807, 2.05) is 77.4 Å². The second kappa shape index (κ2) is 21.9. The number of H-pyrrole nitrogens is 1. The van der Waals surface area contributed by atoms with E-state index in [0.717, 1.165) is 59.2 Å². The average Bonchev–Trinajstić information content (AvgIpc) is 3.63. The van der Waals surface area contributed by atoms with Crippen molar-refractivity contribution in [1.29, 1.82) is 0 Å². The first-order valence-electron chi connectivity index (χ1n) is 22.3. The summed E-state index contributed by atoms with van der Waals surface area (Å²) < 4.78 is 43.5. The number of likely N-dealkylation sites (tertiary alicyclic amines) is 1. The number of piperidine rings is 1. The average molecular weight is 931 g/mol. The summed E-state index contributed by atoms with van der Waals surface area (Å²) in [6, 6.07) is 23.5. The zero-order valence-electron chi connectivity index (χ0n) is 37.7. The van der Waals surface area contributed by atoms with Crippen LogP contribution in [-0.2, 0) is 65.5 Å². The summed E-state index contributed by atoms with van der Waals surface area (Å²) in [5, 5.41) is 12.9. The number of aromatic amines is 1. The molecule has 3 aliphatic heterocycles. The maximum absolute atomic E-state index is 13.0. The standard InChI is InChI=1S/C48H58N4O13S/c1-27-40(24-51-20-18-36(19-21-51)52-38-9-7-6-8-37(38)50-48(52)58)64-47(65-43(27)34-14-12-33(25-53)13-15-34)35-16-10-32(11-17-35)23-49-42(66)22-39-44(60-29(3)55)46(62-31(5)57)45(61-30(4)56)41(63-39)26-59-28(2)54/h6-17,27,36,39-41,43-47,53H,18-26H2,1-5H3,(H,49,66)(H,50,58)/t27-,39-,40+,41+,43+,44-,45+,46+,47?/m0/s1. The Morgan fingerprint density at radius 2 is 1.36 bits per heavy atom. The molecule has 0 bridgehead atoms. The molecule has 18 heteroatoms. The van der Waals surface area contributed by atoms with Gasteiger partial charge in [-0.1, -0.05) is 79.8 Å². The lowest BCUT2D eigenvalue weighted by Crippen LogP contribution is -2.62. The number of aliphatic hydroxyl groups excluding tert-OH is 1. The highest BCUT2D eigenvalue weighted by atomic mass is 32.1. The van der Waals surface area contributed by atoms with Crippen LogP contribution in [0.15, 0.2) is 77.6 Å². The Hall–Kier alpha value is -5.50. The molecule has 0 aliphatic carbocycles. The molecule has 17 nitrogen and oxygen atoms in total. The molecular weight excluding hydrogens is 873 g/mol. The normalized spacial score (nSPS) is 26.0. The molecule has 4 heterocycles. The monoisotopic (exact) mass is 930 g/mol. The van der Waals surface area contributed by atoms with Crippen molar-refractivity contribution in [2.75, 3.05) is 26.2 Å². The number of fused-ring (bicyclic) bond motifs is 1. The van der Waals surface area contributed by atoms with Crippen molar-refractivity contribution < 1.29 is 57.4 Å². The van der Waals surface area contributed by atoms with E-state index in [9.17, 15) is 29.1 Å². The Kier molecular flexibility index (Phi) is 16.0. The van der Waals surface area contributed by atoms with Crippen LogP contribution in [0.1, 0.15) is 94.6 Å². The van der Waals surface area contributed by atoms with Gasteiger partial charge in [0.25, 0.3) is 0 Å². The molecule has 3 aliphatic rings. The number of thiocarbonyl (C=S) groups is 1. The van der Waals surface area contributed by atoms with Gasteiger partial charge >= 0.3 is 29.6 Å². The number of rotatable bonds is 15. The summed E-state index contributed by atoms with van der Waals surface area (Å²) in [5.41, 5.74) is 5.19. The van der Waals surface area contributed by atoms with Crippen LogP contribution in [0.3, 0.4) is 0 Å². The Bertz CT molecular complexity index is 2400. The van der Waals surface area contributed by atoms with Crippen LogP contribution in [0.5, 0.6) is 0 Å². The second-order valence-corrected chi connectivity index (χ2v) is 17.6. The number of aliphatic hydroxyl groups is 1. The maximum Gasteiger partial charge on any atom is 0.326 e. The van der Waals surface area contributed by atoms with Crippen LogP contribution in [0.25, 0.3) is 11.0 Å². The molecule has 0 spiro atoms. The first kappa shape index (κ1) is 48.4. The molecule has 354 valence electrons. The van der Waals surface area contributed by atoms with Crippen LogP contribution in [0.4, 0.5) is 0 Å². The van der Waals surface area contributed by atoms with Gasteiger partial charge in [-0.25, -0.2) is 4.79 Å². The first-order valence-corrected chi connectivity index (χ1v) is 22.7. The number of nitrogens with one attached hydrogen (secondary N) is 2. The van der Waals surface area contributed by atoms with Crippen LogP contribution in [0.2, 0.25) is 0 Å². The number of aromatic nitrogens is 2. The van der Waals surface area contributed by atoms with Gasteiger partial charge in [-0.05, 0) is 41.7 Å². The van der Waals surface area contributed by atoms with E-state index < -0.39 is 60.7 Å². The van der Waals surface area contributed by atoms with E-state index in [-0.39, 0.29) is 49.5 Å². The third kappa shape index (κ3) is 11.9. The number of carbonyl (C=O) groups is 4. The quantitative estimate of drug-likeness (QED) is 0.0825. The largest absolute Gasteiger partial charge is 0.463 e. The van der Waals surface area contributed by atoms with Crippen molar-refractivity contribution >= 4 is 52.1 Å². The molecular formula is C48H58N4O13S. The van der Waals surface area contributed by atoms with Gasteiger partial charge in [-0.2, -0.15) is 0 Å². The molecule has 0 saturated carbocycles. The third-order valence-electron chi connectivity index (χ3n) is 12.3. The molecule has 0 radical (unpaired) electrons. The zero-order chi connectivity index (χ0) is 47.1. The predicted octanol–water partition coefficient (Wildman–Crippen LogP) is 4.88. The van der Waals surface area contributed by atoms with E-state index in [2.05, 4.69) is 22.1 Å². The number of para-hydroxylation sites is 2. The summed E-state index contributed by atoms with van der Waals surface area (Å²) >= 11 is 5.73. The highest BCUT2D eigenvalue weighted by Gasteiger charge is 2.52. The summed E-state index contributed by atoms with van der Waals surface area (Å²) in [7, 11) is 0. The first-order chi connectivity index (χ1) is 31.7. The number of nitrogens with zero attached hydrogens (tertiary/aromatic N) is 2. The van der Waals surface area contributed by atoms with Gasteiger partial charge in [0.2, 0.25) is 0 Å². The number of hydrogen-bond acceptors (Lipinski definition) is 15. The van der Waals surface area contributed by atoms with Crippen molar-refractivity contribution in [3.05, 3.63) is 106 Å². The highest BCUT2D eigenvalue weighted by Crippen LogP contribution is 2.42. The summed E-state index contributed by atoms with van der Waals surface area (Å²) in [5.74, 6) is -2.74. The molecule has 66 heavy (non-hydrogen) atoms. The van der Waals surface area contributed by atoms with Crippen molar-refractivity contribution in [1.82, 2.24) is 19.8 Å². The highest BCUT2D eigenvalue weighted by molar-refractivity contribution is 7.80. The van der Waals surface area contributed by atoms with E-state index >= 15 is 0 Å². The lowest BCUT2D eigenvalue weighted by molar-refractivity contribution is -0.276. The third-order valence-corrected chi connectivity index (χ3v) is 12.6. The van der Waals surface area contributed by atoms with Gasteiger partial charge in [0.15, 0.2) is 24.6 Å². The number of ether oxygens (including phenoxy) is 7. The maximum atomic E-state index is 13.0. The Morgan fingerprint density at radius 3 is 2.00 bits per heavy atom. The number of imidazole rings is 1. The minimum atomic E-state index is -1.29. The van der Waals surface area contributed by atoms with E-state index in [0.29, 0.717) is 18.1 Å². The Morgan fingerprint density at radius 1 is 0.758 bits per heavy atom. The minimum Gasteiger partial charge on any atom is -0.463 e. The number of benzene rings is 3. The minimum absolute atomic E-state index is 0.00963. The molecule has 0 amide bonds. The molecule has 3 aromatic carbocycles. The molecule has 1 aromatic heterocycles. The van der Waals surface area contributed by atoms with Gasteiger partial charge in [0, 0.05) is 77.8 Å². The van der Waals surface area contributed by atoms with Crippen LogP contribution in [0, 0.1) is 5.92 Å². The summed E-state index contributed by atoms with van der Waals surface area (Å²) in [6.07, 6.45) is -5.30. The van der Waals surface area contributed by atoms with E-state index in [1.54, 1.807) is 0 Å². The summed E-state index contributed by atoms with van der Waals surface area (Å²) in [4.78, 5) is 67.1. The van der Waals surface area contributed by atoms with Crippen LogP contribution >= 0.6 is 12.2 Å². The van der Waals surface area contributed by atoms with E-state index in [4.69, 9.17) is 45.4 Å². The predicted molar refractivity (Wildman–Crippen MR) is 243 cm³/mol. The lowest BCUT2D eigenvalue weighted by Gasteiger charge is -2.44. The molecule has 3 N–H and O–H groups in total. The lowest BCUT2D eigenvalue weighted by atomic mass is 9.89. The Labute approximate surface area is 387 Å². The van der Waals surface area contributed by atoms with Gasteiger partial charge in [0.05, 0.1) is 34.8 Å². The van der Waals surface area contributed by atoms with Crippen molar-refractivity contribution in [2.24, 2.45) is 5.92 Å². The fraction of sp³-hybridized carbons (Fsp3) is 0.500. The smallest absolute Gasteiger partial charge is 0.326 e. The van der Waals surface area contributed by atoms with Gasteiger partial charge in [0.1, 0.15) is 18.8 Å².